The molecule has 1 aliphatic heterocycles. The van der Waals surface area contributed by atoms with E-state index in [9.17, 15) is 4.79 Å². The van der Waals surface area contributed by atoms with Crippen molar-refractivity contribution in [1.82, 2.24) is 14.7 Å². The Morgan fingerprint density at radius 2 is 2.17 bits per heavy atom. The molecule has 1 unspecified atom stereocenters. The summed E-state index contributed by atoms with van der Waals surface area (Å²) < 4.78 is 1.59. The smallest absolute Gasteiger partial charge is 0.257 e. The Morgan fingerprint density at radius 3 is 2.91 bits per heavy atom. The molecular formula is C16H18Cl2N4O. The van der Waals surface area contributed by atoms with Gasteiger partial charge in [-0.25, -0.2) is 4.68 Å². The maximum absolute atomic E-state index is 12.7. The van der Waals surface area contributed by atoms with Gasteiger partial charge in [-0.2, -0.15) is 5.10 Å². The molecule has 1 aliphatic rings. The zero-order valence-electron chi connectivity index (χ0n) is 12.6. The van der Waals surface area contributed by atoms with Crippen LogP contribution in [-0.4, -0.2) is 39.7 Å². The van der Waals surface area contributed by atoms with Gasteiger partial charge in [-0.05, 0) is 37.5 Å². The molecule has 0 saturated carbocycles. The monoisotopic (exact) mass is 352 g/mol. The number of nitrogens with zero attached hydrogens (tertiary/aromatic N) is 3. The number of carbonyl (C=O) groups excluding carboxylic acids is 1. The predicted octanol–water partition coefficient (Wildman–Crippen LogP) is 3.13. The Balaban J connectivity index is 1.85. The van der Waals surface area contributed by atoms with Crippen LogP contribution in [0.2, 0.25) is 10.0 Å². The molecule has 7 heteroatoms. The minimum Gasteiger partial charge on any atom is -0.334 e. The zero-order valence-corrected chi connectivity index (χ0v) is 14.1. The molecule has 1 aromatic heterocycles. The van der Waals surface area contributed by atoms with Gasteiger partial charge < -0.3 is 10.6 Å². The van der Waals surface area contributed by atoms with Crippen molar-refractivity contribution in [1.29, 1.82) is 0 Å². The number of carbonyl (C=O) groups is 1. The third-order valence-electron chi connectivity index (χ3n) is 4.15. The minimum absolute atomic E-state index is 0.0310. The van der Waals surface area contributed by atoms with E-state index in [4.69, 9.17) is 28.9 Å². The lowest BCUT2D eigenvalue weighted by Gasteiger charge is -2.34. The standard InChI is InChI=1S/C16H18Cl2N4O/c17-12-4-5-15(14(18)7-12)22-10-11(9-20-22)16(23)21-6-2-1-3-13(21)8-19/h4-5,7,9-10,13H,1-3,6,8,19H2. The average Bonchev–Trinajstić information content (AvgIpc) is 3.03. The summed E-state index contributed by atoms with van der Waals surface area (Å²) in [4.78, 5) is 14.6. The van der Waals surface area contributed by atoms with Gasteiger partial charge in [-0.1, -0.05) is 23.2 Å². The lowest BCUT2D eigenvalue weighted by atomic mass is 10.0. The first-order valence-corrected chi connectivity index (χ1v) is 8.37. The SMILES string of the molecule is NCC1CCCCN1C(=O)c1cnn(-c2ccc(Cl)cc2Cl)c1. The molecule has 23 heavy (non-hydrogen) atoms. The van der Waals surface area contributed by atoms with Gasteiger partial charge in [0.05, 0.1) is 22.5 Å². The molecule has 1 fully saturated rings. The van der Waals surface area contributed by atoms with Crippen molar-refractivity contribution in [2.75, 3.05) is 13.1 Å². The Labute approximate surface area is 145 Å². The quantitative estimate of drug-likeness (QED) is 0.922. The third kappa shape index (κ3) is 3.37. The van der Waals surface area contributed by atoms with E-state index in [0.29, 0.717) is 27.8 Å². The van der Waals surface area contributed by atoms with Crippen LogP contribution in [0.5, 0.6) is 0 Å². The molecule has 0 aliphatic carbocycles. The van der Waals surface area contributed by atoms with Crippen LogP contribution in [0.25, 0.3) is 5.69 Å². The fourth-order valence-electron chi connectivity index (χ4n) is 2.91. The Hall–Kier alpha value is -1.56. The molecular weight excluding hydrogens is 335 g/mol. The van der Waals surface area contributed by atoms with Crippen LogP contribution >= 0.6 is 23.2 Å². The highest BCUT2D eigenvalue weighted by molar-refractivity contribution is 6.35. The Bertz CT molecular complexity index is 716. The van der Waals surface area contributed by atoms with Gasteiger partial charge in [-0.15, -0.1) is 0 Å². The summed E-state index contributed by atoms with van der Waals surface area (Å²) in [7, 11) is 0. The highest BCUT2D eigenvalue weighted by Crippen LogP contribution is 2.25. The summed E-state index contributed by atoms with van der Waals surface area (Å²) >= 11 is 12.1. The van der Waals surface area contributed by atoms with Gasteiger partial charge in [0.2, 0.25) is 0 Å². The highest BCUT2D eigenvalue weighted by atomic mass is 35.5. The first kappa shape index (κ1) is 16.3. The lowest BCUT2D eigenvalue weighted by Crippen LogP contribution is -2.47. The molecule has 1 amide bonds. The largest absolute Gasteiger partial charge is 0.334 e. The van der Waals surface area contributed by atoms with Crippen molar-refractivity contribution in [2.24, 2.45) is 5.73 Å². The van der Waals surface area contributed by atoms with Gasteiger partial charge in [0.25, 0.3) is 5.91 Å². The van der Waals surface area contributed by atoms with Gasteiger partial charge in [-0.3, -0.25) is 4.79 Å². The highest BCUT2D eigenvalue weighted by Gasteiger charge is 2.27. The van der Waals surface area contributed by atoms with Crippen LogP contribution in [0, 0.1) is 0 Å². The first-order chi connectivity index (χ1) is 11.1. The summed E-state index contributed by atoms with van der Waals surface area (Å²) in [5.41, 5.74) is 7.02. The second kappa shape index (κ2) is 6.91. The Kier molecular flexibility index (Phi) is 4.90. The van der Waals surface area contributed by atoms with Crippen molar-refractivity contribution >= 4 is 29.1 Å². The van der Waals surface area contributed by atoms with Crippen LogP contribution in [-0.2, 0) is 0 Å². The Morgan fingerprint density at radius 1 is 1.35 bits per heavy atom. The van der Waals surface area contributed by atoms with Crippen molar-refractivity contribution in [3.05, 3.63) is 46.2 Å². The normalized spacial score (nSPS) is 18.2. The molecule has 0 spiro atoms. The number of amides is 1. The van der Waals surface area contributed by atoms with E-state index < -0.39 is 0 Å². The van der Waals surface area contributed by atoms with E-state index in [2.05, 4.69) is 5.10 Å². The topological polar surface area (TPSA) is 64.2 Å². The first-order valence-electron chi connectivity index (χ1n) is 7.61. The maximum atomic E-state index is 12.7. The number of piperidine rings is 1. The van der Waals surface area contributed by atoms with E-state index in [0.717, 1.165) is 25.8 Å². The van der Waals surface area contributed by atoms with Gasteiger partial charge in [0.15, 0.2) is 0 Å². The van der Waals surface area contributed by atoms with Gasteiger partial charge in [0, 0.05) is 30.4 Å². The fraction of sp³-hybridized carbons (Fsp3) is 0.375. The summed E-state index contributed by atoms with van der Waals surface area (Å²) in [5.74, 6) is -0.0310. The number of aromatic nitrogens is 2. The van der Waals surface area contributed by atoms with Crippen molar-refractivity contribution in [2.45, 2.75) is 25.3 Å². The van der Waals surface area contributed by atoms with Crippen molar-refractivity contribution < 1.29 is 4.79 Å². The molecule has 2 heterocycles. The number of hydrogen-bond acceptors (Lipinski definition) is 3. The molecule has 0 radical (unpaired) electrons. The number of benzene rings is 1. The van der Waals surface area contributed by atoms with Crippen LogP contribution < -0.4 is 5.73 Å². The van der Waals surface area contributed by atoms with Crippen LogP contribution in [0.1, 0.15) is 29.6 Å². The third-order valence-corrected chi connectivity index (χ3v) is 4.68. The summed E-state index contributed by atoms with van der Waals surface area (Å²) in [6.07, 6.45) is 6.35. The summed E-state index contributed by atoms with van der Waals surface area (Å²) in [6, 6.07) is 5.27. The summed E-state index contributed by atoms with van der Waals surface area (Å²) in [6.45, 7) is 1.23. The molecule has 1 atom stereocenters. The second-order valence-electron chi connectivity index (χ2n) is 5.65. The van der Waals surface area contributed by atoms with Gasteiger partial charge >= 0.3 is 0 Å². The number of hydrogen-bond donors (Lipinski definition) is 1. The predicted molar refractivity (Wildman–Crippen MR) is 91.3 cm³/mol. The van der Waals surface area contributed by atoms with E-state index >= 15 is 0 Å². The molecule has 2 N–H and O–H groups in total. The number of nitrogens with two attached hydrogens (primary N) is 1. The van der Waals surface area contributed by atoms with E-state index in [1.54, 1.807) is 35.3 Å². The average molecular weight is 353 g/mol. The molecule has 2 aromatic rings. The minimum atomic E-state index is -0.0310. The molecule has 0 bridgehead atoms. The van der Waals surface area contributed by atoms with Crippen molar-refractivity contribution in [3.63, 3.8) is 0 Å². The number of halogens is 2. The fourth-order valence-corrected chi connectivity index (χ4v) is 3.41. The lowest BCUT2D eigenvalue weighted by molar-refractivity contribution is 0.0623. The summed E-state index contributed by atoms with van der Waals surface area (Å²) in [5, 5.41) is 5.29. The van der Waals surface area contributed by atoms with Crippen LogP contribution in [0.15, 0.2) is 30.6 Å². The number of likely N-dealkylation sites (tertiary alicyclic amines) is 1. The molecule has 5 nitrogen and oxygen atoms in total. The van der Waals surface area contributed by atoms with Crippen LogP contribution in [0.4, 0.5) is 0 Å². The van der Waals surface area contributed by atoms with Crippen LogP contribution in [0.3, 0.4) is 0 Å². The van der Waals surface area contributed by atoms with Gasteiger partial charge in [0.1, 0.15) is 0 Å². The van der Waals surface area contributed by atoms with E-state index in [1.807, 2.05) is 4.90 Å². The number of rotatable bonds is 3. The molecule has 1 aromatic carbocycles. The zero-order chi connectivity index (χ0) is 16.4. The van der Waals surface area contributed by atoms with E-state index in [-0.39, 0.29) is 11.9 Å². The molecule has 122 valence electrons. The molecule has 3 rings (SSSR count). The van der Waals surface area contributed by atoms with E-state index in [1.165, 1.54) is 0 Å². The molecule has 1 saturated heterocycles. The second-order valence-corrected chi connectivity index (χ2v) is 6.50. The van der Waals surface area contributed by atoms with Crippen molar-refractivity contribution in [3.8, 4) is 5.69 Å². The maximum Gasteiger partial charge on any atom is 0.257 e.